The van der Waals surface area contributed by atoms with Crippen LogP contribution in [0, 0.1) is 0 Å². The zero-order chi connectivity index (χ0) is 24.5. The van der Waals surface area contributed by atoms with Crippen molar-refractivity contribution in [1.82, 2.24) is 0 Å². The molecule has 0 saturated carbocycles. The van der Waals surface area contributed by atoms with E-state index in [9.17, 15) is 4.79 Å². The quantitative estimate of drug-likeness (QED) is 0.228. The van der Waals surface area contributed by atoms with E-state index in [0.717, 1.165) is 0 Å². The van der Waals surface area contributed by atoms with E-state index in [0.29, 0.717) is 33.3 Å². The van der Waals surface area contributed by atoms with E-state index in [1.165, 1.54) is 28.4 Å². The molecule has 2 rings (SSSR count). The van der Waals surface area contributed by atoms with Crippen LogP contribution in [-0.4, -0.2) is 71.7 Å². The molecule has 0 aliphatic rings. The number of carbonyl (C=O) groups excluding carboxylic acids is 1. The Bertz CT molecular complexity index is 912. The fourth-order valence-electron chi connectivity index (χ4n) is 2.71. The molecule has 0 heterocycles. The average Bonchev–Trinajstić information content (AvgIpc) is 2.80. The molecule has 8 nitrogen and oxygen atoms in total. The van der Waals surface area contributed by atoms with Gasteiger partial charge in [-0.2, -0.15) is 0 Å². The molecular weight excluding hydrogens is 478 g/mol. The van der Waals surface area contributed by atoms with Crippen molar-refractivity contribution in [3.8, 4) is 23.0 Å². The topological polar surface area (TPSA) is 81.7 Å². The molecule has 0 saturated heterocycles. The van der Waals surface area contributed by atoms with E-state index >= 15 is 0 Å². The third-order valence-corrected chi connectivity index (χ3v) is 6.12. The molecule has 0 aliphatic carbocycles. The van der Waals surface area contributed by atoms with Crippen LogP contribution in [0.2, 0.25) is 5.02 Å². The monoisotopic (exact) mass is 508 g/mol. The summed E-state index contributed by atoms with van der Waals surface area (Å²) >= 11 is 6.33. The molecule has 11 heteroatoms. The molecule has 184 valence electrons. The van der Waals surface area contributed by atoms with Crippen molar-refractivity contribution in [3.05, 3.63) is 40.9 Å². The number of hydrogen-bond acceptors (Lipinski definition) is 8. The molecule has 0 radical (unpaired) electrons. The molecule has 34 heavy (non-hydrogen) atoms. The first-order chi connectivity index (χ1) is 15.7. The molecule has 2 aromatic carbocycles. The Morgan fingerprint density at radius 2 is 1.32 bits per heavy atom. The molecule has 0 aliphatic heterocycles. The third kappa shape index (κ3) is 8.32. The van der Waals surface area contributed by atoms with Gasteiger partial charge in [0.2, 0.25) is 0 Å². The summed E-state index contributed by atoms with van der Waals surface area (Å²) in [7, 11) is 5.65. The average molecular weight is 509 g/mol. The van der Waals surface area contributed by atoms with Crippen LogP contribution in [0.5, 0.6) is 23.0 Å². The Morgan fingerprint density at radius 1 is 0.824 bits per heavy atom. The van der Waals surface area contributed by atoms with Crippen molar-refractivity contribution >= 4 is 49.9 Å². The van der Waals surface area contributed by atoms with Crippen LogP contribution in [-0.2, 0) is 14.2 Å². The number of rotatable bonds is 13. The molecule has 0 amide bonds. The zero-order valence-corrected chi connectivity index (χ0v) is 21.5. The summed E-state index contributed by atoms with van der Waals surface area (Å²) in [5.41, 5.74) is 0.0334. The van der Waals surface area contributed by atoms with Crippen molar-refractivity contribution in [1.29, 1.82) is 0 Å². The van der Waals surface area contributed by atoms with Gasteiger partial charge in [0.1, 0.15) is 23.0 Å². The Morgan fingerprint density at radius 3 is 1.79 bits per heavy atom. The maximum absolute atomic E-state index is 13.4. The molecule has 4 atom stereocenters. The Labute approximate surface area is 219 Å². The first-order valence-corrected chi connectivity index (χ1v) is 11.5. The van der Waals surface area contributed by atoms with Crippen molar-refractivity contribution in [2.24, 2.45) is 0 Å². The van der Waals surface area contributed by atoms with Crippen molar-refractivity contribution in [3.63, 3.8) is 0 Å². The number of benzene rings is 2. The van der Waals surface area contributed by atoms with Gasteiger partial charge in [0, 0.05) is 33.5 Å². The molecule has 2 aromatic rings. The van der Waals surface area contributed by atoms with Gasteiger partial charge in [0.05, 0.1) is 23.0 Å². The number of carbonyl (C=O) groups is 1. The maximum atomic E-state index is 13.4. The van der Waals surface area contributed by atoms with E-state index in [2.05, 4.69) is 0 Å². The van der Waals surface area contributed by atoms with Crippen LogP contribution in [0.1, 0.15) is 31.1 Å². The standard InChI is InChI=1S/C23H30ClO8P.Li.H/c1-13(26-4)30-16-11-19(31-14(2)27-5)22(20(12-16)32-15(3)28-6)33-23(25)21-17(24)9-8-10-18(21)29-7;;/h8-15,33H,1-7H3;;. The van der Waals surface area contributed by atoms with Gasteiger partial charge in [-0.1, -0.05) is 17.7 Å². The molecule has 0 aromatic heterocycles. The van der Waals surface area contributed by atoms with Crippen molar-refractivity contribution < 1.29 is 38.0 Å². The van der Waals surface area contributed by atoms with Gasteiger partial charge in [0.25, 0.3) is 0 Å². The van der Waals surface area contributed by atoms with Crippen LogP contribution in [0.3, 0.4) is 0 Å². The van der Waals surface area contributed by atoms with E-state index in [1.54, 1.807) is 51.1 Å². The van der Waals surface area contributed by atoms with Gasteiger partial charge in [-0.15, -0.1) is 0 Å². The molecule has 0 N–H and O–H groups in total. The van der Waals surface area contributed by atoms with Gasteiger partial charge >= 0.3 is 18.9 Å². The molecule has 4 unspecified atom stereocenters. The second kappa shape index (κ2) is 14.8. The first-order valence-electron chi connectivity index (χ1n) is 10.1. The van der Waals surface area contributed by atoms with Crippen molar-refractivity contribution in [2.45, 2.75) is 39.6 Å². The SMILES string of the molecule is COc1cccc(Cl)c1C(=O)Pc1c(OC(C)OC)cc(OC(C)OC)cc1OC(C)OC.[LiH]. The predicted molar refractivity (Wildman–Crippen MR) is 135 cm³/mol. The minimum absolute atomic E-state index is 0. The molecular formula is C23H31ClLiO8P. The summed E-state index contributed by atoms with van der Waals surface area (Å²) in [6.45, 7) is 5.21. The third-order valence-electron chi connectivity index (χ3n) is 4.58. The summed E-state index contributed by atoms with van der Waals surface area (Å²) in [5.74, 6) is 1.54. The number of halogens is 1. The van der Waals surface area contributed by atoms with Crippen molar-refractivity contribution in [2.75, 3.05) is 28.4 Å². The zero-order valence-electron chi connectivity index (χ0n) is 19.8. The van der Waals surface area contributed by atoms with Crippen LogP contribution < -0.4 is 24.3 Å². The van der Waals surface area contributed by atoms with E-state index in [4.69, 9.17) is 44.8 Å². The predicted octanol–water partition coefficient (Wildman–Crippen LogP) is 3.96. The fraction of sp³-hybridized carbons (Fsp3) is 0.435. The van der Waals surface area contributed by atoms with Gasteiger partial charge < -0.3 is 33.2 Å². The van der Waals surface area contributed by atoms with Crippen LogP contribution >= 0.6 is 20.2 Å². The summed E-state index contributed by atoms with van der Waals surface area (Å²) in [6, 6.07) is 8.36. The second-order valence-electron chi connectivity index (χ2n) is 6.83. The van der Waals surface area contributed by atoms with E-state index in [-0.39, 0.29) is 29.9 Å². The van der Waals surface area contributed by atoms with Gasteiger partial charge in [-0.25, -0.2) is 0 Å². The fourth-order valence-corrected chi connectivity index (χ4v) is 4.16. The normalized spacial score (nSPS) is 13.6. The van der Waals surface area contributed by atoms with Gasteiger partial charge in [-0.05, 0) is 41.5 Å². The second-order valence-corrected chi connectivity index (χ2v) is 8.44. The molecule has 0 bridgehead atoms. The number of methoxy groups -OCH3 is 4. The Balaban J connectivity index is 0.00000578. The molecule has 0 fully saturated rings. The van der Waals surface area contributed by atoms with Crippen LogP contribution in [0.25, 0.3) is 0 Å². The van der Waals surface area contributed by atoms with Gasteiger partial charge in [-0.3, -0.25) is 4.79 Å². The Kier molecular flexibility index (Phi) is 13.3. The van der Waals surface area contributed by atoms with Crippen LogP contribution in [0.15, 0.2) is 30.3 Å². The molecule has 0 spiro atoms. The Hall–Kier alpha value is -1.49. The first kappa shape index (κ1) is 30.5. The summed E-state index contributed by atoms with van der Waals surface area (Å²) < 4.78 is 38.8. The summed E-state index contributed by atoms with van der Waals surface area (Å²) in [6.07, 6.45) is -1.71. The van der Waals surface area contributed by atoms with E-state index < -0.39 is 27.5 Å². The minimum atomic E-state index is -0.596. The van der Waals surface area contributed by atoms with E-state index in [1.807, 2.05) is 0 Å². The summed E-state index contributed by atoms with van der Waals surface area (Å²) in [5, 5.41) is 0.799. The number of hydrogen-bond donors (Lipinski definition) is 0. The van der Waals surface area contributed by atoms with Crippen LogP contribution in [0.4, 0.5) is 0 Å². The summed E-state index contributed by atoms with van der Waals surface area (Å²) in [4.78, 5) is 13.4. The van der Waals surface area contributed by atoms with Gasteiger partial charge in [0.15, 0.2) is 24.4 Å². The number of ether oxygens (including phenoxy) is 7.